The highest BCUT2D eigenvalue weighted by Gasteiger charge is 2.48. The summed E-state index contributed by atoms with van der Waals surface area (Å²) in [5.74, 6) is -1.86. The lowest BCUT2D eigenvalue weighted by Crippen LogP contribution is -2.44. The van der Waals surface area contributed by atoms with Gasteiger partial charge in [-0.05, 0) is 287 Å². The van der Waals surface area contributed by atoms with Crippen molar-refractivity contribution in [3.05, 3.63) is 179 Å². The van der Waals surface area contributed by atoms with Gasteiger partial charge in [-0.1, -0.05) is 257 Å². The van der Waals surface area contributed by atoms with Gasteiger partial charge in [-0.25, -0.2) is 0 Å². The van der Waals surface area contributed by atoms with Crippen LogP contribution in [-0.4, -0.2) is 228 Å². The van der Waals surface area contributed by atoms with E-state index in [1.165, 1.54) is 79.2 Å². The maximum atomic E-state index is 12.4. The molecule has 5 aromatic rings. The molecular formula is C122H191N5O20. The first-order valence-electron chi connectivity index (χ1n) is 56.3. The minimum absolute atomic E-state index is 0.0679. The number of carboxylic acid groups (broad SMARTS) is 5. The Kier molecular flexibility index (Phi) is 61.5. The van der Waals surface area contributed by atoms with Gasteiger partial charge in [0.2, 0.25) is 29.5 Å². The number of carbonyl (C=O) groups is 10. The highest BCUT2D eigenvalue weighted by Crippen LogP contribution is 2.54. The zero-order chi connectivity index (χ0) is 108. The van der Waals surface area contributed by atoms with Crippen LogP contribution in [0.5, 0.6) is 0 Å². The van der Waals surface area contributed by atoms with E-state index in [0.29, 0.717) is 87.1 Å². The predicted molar refractivity (Wildman–Crippen MR) is 584 cm³/mol. The van der Waals surface area contributed by atoms with Gasteiger partial charge in [-0.15, -0.1) is 0 Å². The first kappa shape index (κ1) is 128. The average molecular weight is 2050 g/mol. The van der Waals surface area contributed by atoms with E-state index in [4.69, 9.17) is 49.5 Å². The number of likely N-dealkylation sites (tertiary alicyclic amines) is 5. The number of aliphatic carboxylic acids is 5. The first-order chi connectivity index (χ1) is 70.2. The standard InChI is InChI=1S/C24H35NO2.C23H35NO2.C23H37NO2.C22H33NO2.C20H31NO2.5C2H4O2/c26-22(24(15-5-16-24)18-20-10-11-20)14-17-25-21(12-13-23(25)27)9-4-8-19-6-2-1-3-7-19;1-2-15-23(16-7-17-23)21(25)14-18-24-20(12-13-22(24)26)11-6-10-19-8-4-3-5-9-19;1-4-5-17-23(2,3)21(25)16-18-24-20(14-15-22(24)26)13-9-12-19-10-7-6-8-11-19;1-2-22(15-7-16-22)20(24)14-17-23-19(12-13-21(23)25)11-6-10-18-8-4-3-5-9-18;1-2-3-12-19(22)15-16-21-18(13-14-20(21)23)11-7-10-17-8-5-4-6-9-17;5*1-2(3)4/h1-3,6-7,20-22,26H,4-5,8-18H2;3-5,8-9,20-21,25H,2,6-7,10-18H2,1H3;6-8,10-11,20-21,25H,4-5,9,12-18H2,1-3H3;3-5,8-9,19-20,24H,2,6-7,10-17H2,1H3;4-6,8-9,18-19,22H,2-3,7,10-16H2,1H3;5*1H3,(H,3,4)/t21?,22-;2*20?,21-;19?,20-;18?,19-;;;;;/m00001...../s1. The van der Waals surface area contributed by atoms with Crippen LogP contribution in [0.25, 0.3) is 0 Å². The molecule has 5 unspecified atom stereocenters. The number of hydrogen-bond donors (Lipinski definition) is 10. The van der Waals surface area contributed by atoms with E-state index in [9.17, 15) is 49.5 Å². The van der Waals surface area contributed by atoms with Crippen molar-refractivity contribution in [1.82, 2.24) is 24.5 Å². The van der Waals surface area contributed by atoms with Crippen LogP contribution in [-0.2, 0) is 80.0 Å². The van der Waals surface area contributed by atoms with Gasteiger partial charge in [0, 0.05) is 130 Å². The molecule has 147 heavy (non-hydrogen) atoms. The van der Waals surface area contributed by atoms with Crippen LogP contribution < -0.4 is 0 Å². The number of aliphatic hydroxyl groups is 5. The highest BCUT2D eigenvalue weighted by atomic mass is 16.4. The van der Waals surface area contributed by atoms with Gasteiger partial charge in [0.15, 0.2) is 0 Å². The van der Waals surface area contributed by atoms with E-state index in [1.807, 2.05) is 21.9 Å². The molecule has 9 aliphatic rings. The molecule has 0 bridgehead atoms. The van der Waals surface area contributed by atoms with Gasteiger partial charge in [0.1, 0.15) is 0 Å². The second kappa shape index (κ2) is 70.6. The molecule has 4 aliphatic carbocycles. The number of benzene rings is 5. The molecule has 10 atom stereocenters. The maximum Gasteiger partial charge on any atom is 0.300 e. The van der Waals surface area contributed by atoms with Crippen molar-refractivity contribution in [3.63, 3.8) is 0 Å². The smallest absolute Gasteiger partial charge is 0.300 e. The van der Waals surface area contributed by atoms with E-state index in [1.54, 1.807) is 0 Å². The molecular weight excluding hydrogens is 1860 g/mol. The van der Waals surface area contributed by atoms with Gasteiger partial charge in [-0.3, -0.25) is 47.9 Å². The van der Waals surface area contributed by atoms with Crippen molar-refractivity contribution in [2.75, 3.05) is 32.7 Å². The number of aliphatic hydroxyl groups excluding tert-OH is 5. The van der Waals surface area contributed by atoms with Crippen LogP contribution in [0.2, 0.25) is 0 Å². The topological polar surface area (TPSA) is 389 Å². The largest absolute Gasteiger partial charge is 0.481 e. The van der Waals surface area contributed by atoms with Crippen LogP contribution in [0.15, 0.2) is 152 Å². The highest BCUT2D eigenvalue weighted by molar-refractivity contribution is 5.81. The second-order valence-corrected chi connectivity index (χ2v) is 43.7. The average Bonchev–Trinajstić information content (AvgIpc) is 1.77. The van der Waals surface area contributed by atoms with Gasteiger partial charge in [0.25, 0.3) is 29.8 Å². The summed E-state index contributed by atoms with van der Waals surface area (Å²) in [6, 6.07) is 54.8. The number of aryl methyl sites for hydroxylation is 5. The Morgan fingerprint density at radius 3 is 0.796 bits per heavy atom. The summed E-state index contributed by atoms with van der Waals surface area (Å²) in [7, 11) is 0. The Hall–Kier alpha value is -9.40. The van der Waals surface area contributed by atoms with Crippen molar-refractivity contribution >= 4 is 59.4 Å². The number of nitrogens with zero attached hydrogens (tertiary/aromatic N) is 5. The third-order valence-electron chi connectivity index (χ3n) is 31.7. The quantitative estimate of drug-likeness (QED) is 0.0173. The Morgan fingerprint density at radius 1 is 0.320 bits per heavy atom. The lowest BCUT2D eigenvalue weighted by molar-refractivity contribution is -0.135. The Bertz CT molecular complexity index is 4400. The number of carboxylic acids is 5. The Morgan fingerprint density at radius 2 is 0.565 bits per heavy atom. The molecule has 0 spiro atoms. The fourth-order valence-corrected chi connectivity index (χ4v) is 22.6. The zero-order valence-corrected chi connectivity index (χ0v) is 91.7. The summed E-state index contributed by atoms with van der Waals surface area (Å²) in [5.41, 5.74) is 7.31. The molecule has 5 saturated heterocycles. The number of carbonyl (C=O) groups excluding carboxylic acids is 5. The molecule has 0 radical (unpaired) electrons. The summed E-state index contributed by atoms with van der Waals surface area (Å²) in [6.07, 6.45) is 51.6. The summed E-state index contributed by atoms with van der Waals surface area (Å²) >= 11 is 0. The Balaban J connectivity index is 0.000000308. The third-order valence-corrected chi connectivity index (χ3v) is 31.7. The molecule has 824 valence electrons. The lowest BCUT2D eigenvalue weighted by Gasteiger charge is -2.46. The number of unbranched alkanes of at least 4 members (excludes halogenated alkanes) is 2. The number of hydrogen-bond acceptors (Lipinski definition) is 15. The summed E-state index contributed by atoms with van der Waals surface area (Å²) < 4.78 is 0. The fraction of sp³-hybridized carbons (Fsp3) is 0.672. The summed E-state index contributed by atoms with van der Waals surface area (Å²) in [6.45, 7) is 22.1. The molecule has 5 amide bonds. The van der Waals surface area contributed by atoms with E-state index in [-0.39, 0.29) is 69.9 Å². The molecule has 10 N–H and O–H groups in total. The van der Waals surface area contributed by atoms with Crippen molar-refractivity contribution in [2.24, 2.45) is 27.6 Å². The van der Waals surface area contributed by atoms with Gasteiger partial charge < -0.3 is 75.6 Å². The minimum atomic E-state index is -0.833. The number of amides is 5. The second-order valence-electron chi connectivity index (χ2n) is 43.7. The molecule has 0 aromatic heterocycles. The fourth-order valence-electron chi connectivity index (χ4n) is 22.6. The normalized spacial score (nSPS) is 20.0. The molecule has 25 nitrogen and oxygen atoms in total. The Labute approximate surface area is 882 Å². The maximum absolute atomic E-state index is 12.4. The number of rotatable bonds is 50. The van der Waals surface area contributed by atoms with Crippen LogP contribution in [0.3, 0.4) is 0 Å². The van der Waals surface area contributed by atoms with E-state index in [2.05, 4.69) is 196 Å². The van der Waals surface area contributed by atoms with Crippen molar-refractivity contribution in [3.8, 4) is 0 Å². The zero-order valence-electron chi connectivity index (χ0n) is 91.7. The SMILES string of the molecule is CC(=O)O.CC(=O)O.CC(=O)O.CC(=O)O.CC(=O)O.CCC1([C@@H](O)CCN2C(=O)CCC2CCCc2ccccc2)CCC1.CCCC1([C@@H](O)CCN2C(=O)CCC2CCCc2ccccc2)CCC1.CCCCC(C)(C)[C@@H](O)CCN1C(=O)CCC1CCCc1ccccc1.CCCC[C@@H](O)CCN1C(=O)CCC1CCCc1ccccc1.O=C1CCC(CCCc2ccccc2)N1CC[C@H](O)C1(CC2CC2)CCC1. The van der Waals surface area contributed by atoms with Crippen LogP contribution in [0, 0.1) is 27.6 Å². The van der Waals surface area contributed by atoms with Crippen LogP contribution in [0.1, 0.15) is 399 Å². The lowest BCUT2D eigenvalue weighted by atomic mass is 9.61. The molecule has 5 aliphatic heterocycles. The molecule has 14 rings (SSSR count). The molecule has 5 heterocycles. The van der Waals surface area contributed by atoms with Crippen molar-refractivity contribution < 1.29 is 99.0 Å². The van der Waals surface area contributed by atoms with E-state index < -0.39 is 29.8 Å². The van der Waals surface area contributed by atoms with Crippen LogP contribution >= 0.6 is 0 Å². The van der Waals surface area contributed by atoms with Gasteiger partial charge in [-0.2, -0.15) is 0 Å². The van der Waals surface area contributed by atoms with Crippen LogP contribution in [0.4, 0.5) is 0 Å². The van der Waals surface area contributed by atoms with Crippen molar-refractivity contribution in [2.45, 2.75) is 464 Å². The van der Waals surface area contributed by atoms with E-state index in [0.717, 1.165) is 304 Å². The van der Waals surface area contributed by atoms with Crippen molar-refractivity contribution in [1.29, 1.82) is 0 Å². The van der Waals surface area contributed by atoms with Gasteiger partial charge in [0.05, 0.1) is 30.5 Å². The van der Waals surface area contributed by atoms with Gasteiger partial charge >= 0.3 is 0 Å². The third kappa shape index (κ3) is 49.9. The minimum Gasteiger partial charge on any atom is -0.481 e. The molecule has 9 fully saturated rings. The molecule has 4 saturated carbocycles. The monoisotopic (exact) mass is 2050 g/mol. The summed E-state index contributed by atoms with van der Waals surface area (Å²) in [5, 5.41) is 90.0. The first-order valence-corrected chi connectivity index (χ1v) is 56.3. The molecule has 5 aromatic carbocycles. The molecule has 25 heteroatoms. The predicted octanol–water partition coefficient (Wildman–Crippen LogP) is 23.1. The van der Waals surface area contributed by atoms with E-state index >= 15 is 0 Å². The summed E-state index contributed by atoms with van der Waals surface area (Å²) in [4.78, 5) is 117.